The Balaban J connectivity index is 1.87. The Hall–Kier alpha value is -2.63. The van der Waals surface area contributed by atoms with Gasteiger partial charge in [-0.05, 0) is 25.1 Å². The molecule has 1 atom stereocenters. The highest BCUT2D eigenvalue weighted by molar-refractivity contribution is 5.94. The zero-order chi connectivity index (χ0) is 15.7. The lowest BCUT2D eigenvalue weighted by atomic mass is 10.00. The number of aromatic amines is 1. The average Bonchev–Trinajstić information content (AvgIpc) is 2.48. The Labute approximate surface area is 126 Å². The number of fused-ring (bicyclic) bond motifs is 1. The molecule has 0 spiro atoms. The molecule has 0 bridgehead atoms. The van der Waals surface area contributed by atoms with E-state index in [4.69, 9.17) is 4.74 Å². The quantitative estimate of drug-likeness (QED) is 0.892. The number of amides is 1. The average molecular weight is 302 g/mol. The summed E-state index contributed by atoms with van der Waals surface area (Å²) >= 11 is 0. The number of H-pyrrole nitrogens is 1. The van der Waals surface area contributed by atoms with Crippen LogP contribution in [0.2, 0.25) is 0 Å². The maximum Gasteiger partial charge on any atom is 0.260 e. The molecule has 1 aliphatic heterocycles. The number of pyridine rings is 1. The van der Waals surface area contributed by atoms with Crippen molar-refractivity contribution in [2.45, 2.75) is 19.4 Å². The van der Waals surface area contributed by atoms with E-state index < -0.39 is 17.3 Å². The molecule has 22 heavy (non-hydrogen) atoms. The van der Waals surface area contributed by atoms with Gasteiger partial charge in [-0.2, -0.15) is 0 Å². The highest BCUT2D eigenvalue weighted by Gasteiger charge is 2.26. The summed E-state index contributed by atoms with van der Waals surface area (Å²) in [6.45, 7) is 2.05. The Morgan fingerprint density at radius 2 is 2.18 bits per heavy atom. The summed E-state index contributed by atoms with van der Waals surface area (Å²) in [6.07, 6.45) is 0.520. The van der Waals surface area contributed by atoms with Crippen molar-refractivity contribution in [2.24, 2.45) is 0 Å². The lowest BCUT2D eigenvalue weighted by molar-refractivity contribution is 0.0922. The maximum absolute atomic E-state index is 13.7. The molecule has 2 aromatic rings. The second-order valence-corrected chi connectivity index (χ2v) is 5.21. The van der Waals surface area contributed by atoms with Crippen molar-refractivity contribution < 1.29 is 13.9 Å². The molecule has 0 saturated heterocycles. The minimum Gasteiger partial charge on any atom is -0.490 e. The number of benzene rings is 1. The van der Waals surface area contributed by atoms with Crippen molar-refractivity contribution in [1.82, 2.24) is 10.3 Å². The molecule has 2 heterocycles. The predicted octanol–water partition coefficient (Wildman–Crippen LogP) is 2.08. The van der Waals surface area contributed by atoms with Gasteiger partial charge in [0.05, 0.1) is 12.6 Å². The van der Waals surface area contributed by atoms with Crippen LogP contribution in [0, 0.1) is 12.7 Å². The largest absolute Gasteiger partial charge is 0.490 e. The third-order valence-corrected chi connectivity index (χ3v) is 3.63. The molecule has 3 rings (SSSR count). The first-order chi connectivity index (χ1) is 10.6. The van der Waals surface area contributed by atoms with E-state index >= 15 is 0 Å². The Bertz CT molecular complexity index is 785. The highest BCUT2D eigenvalue weighted by Crippen LogP contribution is 2.34. The molecular weight excluding hydrogens is 287 g/mol. The molecule has 6 heteroatoms. The standard InChI is InChI=1S/C16H15FN2O3/c1-9-5-6-11(15(20)18-9)16(21)19-13-7-8-22-14-10(13)3-2-4-12(14)17/h2-6,13H,7-8H2,1H3,(H,18,20)(H,19,21)/t13-/m1/s1. The van der Waals surface area contributed by atoms with Crippen LogP contribution in [0.5, 0.6) is 5.75 Å². The minimum absolute atomic E-state index is 0.0371. The smallest absolute Gasteiger partial charge is 0.260 e. The summed E-state index contributed by atoms with van der Waals surface area (Å²) in [5.41, 5.74) is 0.863. The Morgan fingerprint density at radius 3 is 2.95 bits per heavy atom. The first kappa shape index (κ1) is 14.3. The van der Waals surface area contributed by atoms with E-state index in [0.29, 0.717) is 24.3 Å². The number of hydrogen-bond donors (Lipinski definition) is 2. The summed E-state index contributed by atoms with van der Waals surface area (Å²) < 4.78 is 19.0. The molecule has 2 N–H and O–H groups in total. The normalized spacial score (nSPS) is 16.5. The monoisotopic (exact) mass is 302 g/mol. The number of aromatic nitrogens is 1. The minimum atomic E-state index is -0.483. The summed E-state index contributed by atoms with van der Waals surface area (Å²) in [5, 5.41) is 2.77. The molecule has 1 aromatic carbocycles. The summed E-state index contributed by atoms with van der Waals surface area (Å²) in [4.78, 5) is 26.7. The molecule has 0 saturated carbocycles. The van der Waals surface area contributed by atoms with E-state index in [1.54, 1.807) is 25.1 Å². The number of rotatable bonds is 2. The number of carbonyl (C=O) groups excluding carboxylic acids is 1. The van der Waals surface area contributed by atoms with E-state index in [1.807, 2.05) is 0 Å². The topological polar surface area (TPSA) is 71.2 Å². The fraction of sp³-hybridized carbons (Fsp3) is 0.250. The number of para-hydroxylation sites is 1. The molecule has 0 radical (unpaired) electrons. The van der Waals surface area contributed by atoms with Crippen LogP contribution < -0.4 is 15.6 Å². The van der Waals surface area contributed by atoms with E-state index in [2.05, 4.69) is 10.3 Å². The van der Waals surface area contributed by atoms with Crippen molar-refractivity contribution >= 4 is 5.91 Å². The van der Waals surface area contributed by atoms with Crippen LogP contribution in [0.3, 0.4) is 0 Å². The van der Waals surface area contributed by atoms with Gasteiger partial charge in [0.2, 0.25) is 0 Å². The van der Waals surface area contributed by atoms with Crippen molar-refractivity contribution in [3.63, 3.8) is 0 Å². The molecule has 114 valence electrons. The molecule has 1 amide bonds. The molecule has 0 fully saturated rings. The van der Waals surface area contributed by atoms with Crippen LogP contribution >= 0.6 is 0 Å². The number of ether oxygens (including phenoxy) is 1. The lowest BCUT2D eigenvalue weighted by Gasteiger charge is -2.26. The fourth-order valence-electron chi connectivity index (χ4n) is 2.52. The van der Waals surface area contributed by atoms with E-state index in [1.165, 1.54) is 12.1 Å². The van der Waals surface area contributed by atoms with Gasteiger partial charge >= 0.3 is 0 Å². The van der Waals surface area contributed by atoms with E-state index in [0.717, 1.165) is 0 Å². The van der Waals surface area contributed by atoms with Gasteiger partial charge in [0.25, 0.3) is 11.5 Å². The molecular formula is C16H15FN2O3. The molecule has 1 aliphatic rings. The van der Waals surface area contributed by atoms with Crippen LogP contribution in [-0.2, 0) is 0 Å². The van der Waals surface area contributed by atoms with E-state index in [9.17, 15) is 14.0 Å². The number of halogens is 1. The van der Waals surface area contributed by atoms with Gasteiger partial charge < -0.3 is 15.0 Å². The lowest BCUT2D eigenvalue weighted by Crippen LogP contribution is -2.35. The van der Waals surface area contributed by atoms with Gasteiger partial charge in [0, 0.05) is 17.7 Å². The van der Waals surface area contributed by atoms with Crippen LogP contribution in [0.1, 0.15) is 34.1 Å². The zero-order valence-corrected chi connectivity index (χ0v) is 12.0. The van der Waals surface area contributed by atoms with Crippen molar-refractivity contribution in [3.8, 4) is 5.75 Å². The Morgan fingerprint density at radius 1 is 1.36 bits per heavy atom. The molecule has 1 aromatic heterocycles. The summed E-state index contributed by atoms with van der Waals surface area (Å²) in [6, 6.07) is 7.35. The van der Waals surface area contributed by atoms with Crippen LogP contribution in [-0.4, -0.2) is 17.5 Å². The van der Waals surface area contributed by atoms with E-state index in [-0.39, 0.29) is 17.4 Å². The van der Waals surface area contributed by atoms with Gasteiger partial charge in [0.15, 0.2) is 11.6 Å². The highest BCUT2D eigenvalue weighted by atomic mass is 19.1. The third kappa shape index (κ3) is 2.59. The SMILES string of the molecule is Cc1ccc(C(=O)N[C@@H]2CCOc3c(F)cccc32)c(=O)[nH]1. The summed E-state index contributed by atoms with van der Waals surface area (Å²) in [5.74, 6) is -0.773. The predicted molar refractivity (Wildman–Crippen MR) is 78.5 cm³/mol. The number of aryl methyl sites for hydroxylation is 1. The fourth-order valence-corrected chi connectivity index (χ4v) is 2.52. The first-order valence-electron chi connectivity index (χ1n) is 6.98. The van der Waals surface area contributed by atoms with Gasteiger partial charge in [-0.3, -0.25) is 9.59 Å². The third-order valence-electron chi connectivity index (χ3n) is 3.63. The van der Waals surface area contributed by atoms with Crippen LogP contribution in [0.25, 0.3) is 0 Å². The molecule has 0 aliphatic carbocycles. The molecule has 5 nitrogen and oxygen atoms in total. The zero-order valence-electron chi connectivity index (χ0n) is 12.0. The van der Waals surface area contributed by atoms with Crippen molar-refractivity contribution in [3.05, 3.63) is 63.3 Å². The number of hydrogen-bond acceptors (Lipinski definition) is 3. The van der Waals surface area contributed by atoms with Gasteiger partial charge in [-0.15, -0.1) is 0 Å². The second kappa shape index (κ2) is 5.63. The second-order valence-electron chi connectivity index (χ2n) is 5.21. The van der Waals surface area contributed by atoms with Gasteiger partial charge in [-0.25, -0.2) is 4.39 Å². The number of carbonyl (C=O) groups is 1. The van der Waals surface area contributed by atoms with Gasteiger partial charge in [0.1, 0.15) is 5.56 Å². The van der Waals surface area contributed by atoms with Crippen molar-refractivity contribution in [1.29, 1.82) is 0 Å². The number of nitrogens with one attached hydrogen (secondary N) is 2. The van der Waals surface area contributed by atoms with Crippen molar-refractivity contribution in [2.75, 3.05) is 6.61 Å². The van der Waals surface area contributed by atoms with Crippen LogP contribution in [0.15, 0.2) is 35.1 Å². The summed E-state index contributed by atoms with van der Waals surface area (Å²) in [7, 11) is 0. The first-order valence-corrected chi connectivity index (χ1v) is 6.98. The van der Waals surface area contributed by atoms with Gasteiger partial charge in [-0.1, -0.05) is 12.1 Å². The maximum atomic E-state index is 13.7. The van der Waals surface area contributed by atoms with Crippen LogP contribution in [0.4, 0.5) is 4.39 Å². The molecule has 0 unspecified atom stereocenters. The Kier molecular flexibility index (Phi) is 3.66.